The highest BCUT2D eigenvalue weighted by Gasteiger charge is 2.54. The molecule has 1 unspecified atom stereocenters. The second kappa shape index (κ2) is 7.95. The first-order valence-electron chi connectivity index (χ1n) is 11.7. The lowest BCUT2D eigenvalue weighted by Gasteiger charge is -2.51. The number of oxime groups is 1. The Hall–Kier alpha value is -3.65. The Bertz CT molecular complexity index is 1340. The minimum Gasteiger partial charge on any atom is -0.495 e. The van der Waals surface area contributed by atoms with Gasteiger partial charge < -0.3 is 23.8 Å². The highest BCUT2D eigenvalue weighted by atomic mass is 19.1. The predicted octanol–water partition coefficient (Wildman–Crippen LogP) is 4.65. The van der Waals surface area contributed by atoms with Crippen LogP contribution in [0.2, 0.25) is 0 Å². The van der Waals surface area contributed by atoms with Gasteiger partial charge in [-0.25, -0.2) is 9.37 Å². The van der Waals surface area contributed by atoms with Gasteiger partial charge in [0.05, 0.1) is 38.0 Å². The van der Waals surface area contributed by atoms with Gasteiger partial charge in [0.15, 0.2) is 5.84 Å². The molecule has 3 aliphatic heterocycles. The standard InChI is InChI=1S/C27H27FN4O3/c1-18-13-31(17-29-18)23-9-4-19(11-24(23)33-3)10-20-12-27(15-34-16-27)14-32-25(20)30-35-26(32,2)21-5-7-22(28)8-6-21/h4-11,13,17H,12,14-16H2,1-3H3. The number of hydrogen-bond acceptors (Lipinski definition) is 6. The first-order valence-corrected chi connectivity index (χ1v) is 11.7. The molecule has 0 N–H and O–H groups in total. The van der Waals surface area contributed by atoms with Gasteiger partial charge in [-0.2, -0.15) is 0 Å². The van der Waals surface area contributed by atoms with Gasteiger partial charge in [-0.15, -0.1) is 0 Å². The van der Waals surface area contributed by atoms with Gasteiger partial charge >= 0.3 is 0 Å². The van der Waals surface area contributed by atoms with E-state index in [9.17, 15) is 4.39 Å². The van der Waals surface area contributed by atoms with Crippen LogP contribution in [-0.4, -0.2) is 47.2 Å². The number of benzene rings is 2. The summed E-state index contributed by atoms with van der Waals surface area (Å²) in [4.78, 5) is 12.6. The number of aromatic nitrogens is 2. The van der Waals surface area contributed by atoms with E-state index < -0.39 is 5.72 Å². The fourth-order valence-corrected chi connectivity index (χ4v) is 5.18. The average molecular weight is 475 g/mol. The van der Waals surface area contributed by atoms with E-state index in [1.807, 2.05) is 36.7 Å². The number of methoxy groups -OCH3 is 1. The molecule has 4 heterocycles. The number of nitrogens with zero attached hydrogens (tertiary/aromatic N) is 4. The minimum absolute atomic E-state index is 0.00178. The zero-order chi connectivity index (χ0) is 24.2. The van der Waals surface area contributed by atoms with Crippen molar-refractivity contribution in [1.29, 1.82) is 0 Å². The van der Waals surface area contributed by atoms with Crippen molar-refractivity contribution in [3.8, 4) is 11.4 Å². The Balaban J connectivity index is 1.37. The maximum absolute atomic E-state index is 13.6. The molecule has 2 saturated heterocycles. The molecule has 1 atom stereocenters. The Labute approximate surface area is 203 Å². The molecule has 0 radical (unpaired) electrons. The summed E-state index contributed by atoms with van der Waals surface area (Å²) >= 11 is 0. The highest BCUT2D eigenvalue weighted by molar-refractivity contribution is 6.04. The summed E-state index contributed by atoms with van der Waals surface area (Å²) in [7, 11) is 1.67. The van der Waals surface area contributed by atoms with Gasteiger partial charge in [0.1, 0.15) is 11.6 Å². The molecule has 2 fully saturated rings. The van der Waals surface area contributed by atoms with Crippen LogP contribution in [0, 0.1) is 18.2 Å². The number of aryl methyl sites for hydroxylation is 1. The van der Waals surface area contributed by atoms with Crippen molar-refractivity contribution in [2.75, 3.05) is 26.9 Å². The number of rotatable bonds is 4. The Morgan fingerprint density at radius 2 is 1.94 bits per heavy atom. The van der Waals surface area contributed by atoms with Crippen LogP contribution >= 0.6 is 0 Å². The number of amidine groups is 1. The summed E-state index contributed by atoms with van der Waals surface area (Å²) in [6.07, 6.45) is 6.74. The number of piperidine rings is 1. The van der Waals surface area contributed by atoms with Crippen LogP contribution < -0.4 is 4.74 Å². The summed E-state index contributed by atoms with van der Waals surface area (Å²) in [5.74, 6) is 1.29. The zero-order valence-corrected chi connectivity index (χ0v) is 20.0. The van der Waals surface area contributed by atoms with Gasteiger partial charge in [0.25, 0.3) is 0 Å². The third kappa shape index (κ3) is 3.60. The summed E-state index contributed by atoms with van der Waals surface area (Å²) in [5.41, 5.74) is 4.00. The molecule has 0 amide bonds. The second-order valence-corrected chi connectivity index (χ2v) is 9.77. The van der Waals surface area contributed by atoms with E-state index in [2.05, 4.69) is 27.2 Å². The van der Waals surface area contributed by atoms with E-state index in [1.165, 1.54) is 12.1 Å². The van der Waals surface area contributed by atoms with Gasteiger partial charge in [-0.1, -0.05) is 23.4 Å². The smallest absolute Gasteiger partial charge is 0.234 e. The maximum Gasteiger partial charge on any atom is 0.234 e. The van der Waals surface area contributed by atoms with Crippen molar-refractivity contribution in [3.05, 3.63) is 83.2 Å². The lowest BCUT2D eigenvalue weighted by Crippen LogP contribution is -2.59. The molecule has 6 rings (SSSR count). The molecular formula is C27H27FN4O3. The summed E-state index contributed by atoms with van der Waals surface area (Å²) in [6.45, 7) is 6.09. The normalized spacial score (nSPS) is 23.6. The Kier molecular flexibility index (Phi) is 4.96. The number of halogens is 1. The molecule has 0 bridgehead atoms. The third-order valence-electron chi connectivity index (χ3n) is 7.16. The SMILES string of the molecule is COc1cc(C=C2CC3(COC3)CN3C2=NOC3(C)c2ccc(F)cc2)ccc1-n1cnc(C)c1. The van der Waals surface area contributed by atoms with Crippen molar-refractivity contribution in [2.24, 2.45) is 10.6 Å². The maximum atomic E-state index is 13.6. The molecule has 2 aromatic carbocycles. The first-order chi connectivity index (χ1) is 16.9. The van der Waals surface area contributed by atoms with E-state index in [0.29, 0.717) is 13.2 Å². The van der Waals surface area contributed by atoms with Crippen molar-refractivity contribution in [2.45, 2.75) is 26.0 Å². The largest absolute Gasteiger partial charge is 0.495 e. The molecule has 1 spiro atoms. The Morgan fingerprint density at radius 3 is 2.60 bits per heavy atom. The van der Waals surface area contributed by atoms with Gasteiger partial charge in [0, 0.05) is 30.6 Å². The van der Waals surface area contributed by atoms with E-state index >= 15 is 0 Å². The summed E-state index contributed by atoms with van der Waals surface area (Å²) in [6, 6.07) is 12.6. The van der Waals surface area contributed by atoms with E-state index in [4.69, 9.17) is 14.3 Å². The van der Waals surface area contributed by atoms with Crippen molar-refractivity contribution in [1.82, 2.24) is 14.5 Å². The van der Waals surface area contributed by atoms with Crippen LogP contribution in [0.15, 0.2) is 65.7 Å². The Morgan fingerprint density at radius 1 is 1.14 bits per heavy atom. The van der Waals surface area contributed by atoms with Crippen LogP contribution in [0.5, 0.6) is 5.75 Å². The molecule has 0 aliphatic carbocycles. The quantitative estimate of drug-likeness (QED) is 0.551. The molecule has 35 heavy (non-hydrogen) atoms. The molecule has 180 valence electrons. The molecule has 8 heteroatoms. The molecule has 7 nitrogen and oxygen atoms in total. The molecule has 3 aromatic rings. The average Bonchev–Trinajstić information content (AvgIpc) is 3.42. The summed E-state index contributed by atoms with van der Waals surface area (Å²) < 4.78 is 26.9. The third-order valence-corrected chi connectivity index (χ3v) is 7.16. The fourth-order valence-electron chi connectivity index (χ4n) is 5.18. The minimum atomic E-state index is -0.814. The summed E-state index contributed by atoms with van der Waals surface area (Å²) in [5, 5.41) is 4.52. The van der Waals surface area contributed by atoms with Crippen LogP contribution in [0.4, 0.5) is 4.39 Å². The van der Waals surface area contributed by atoms with Crippen molar-refractivity contribution in [3.63, 3.8) is 0 Å². The highest BCUT2D eigenvalue weighted by Crippen LogP contribution is 2.48. The van der Waals surface area contributed by atoms with Gasteiger partial charge in [0.2, 0.25) is 5.72 Å². The lowest BCUT2D eigenvalue weighted by atomic mass is 9.74. The van der Waals surface area contributed by atoms with E-state index in [0.717, 1.165) is 52.6 Å². The van der Waals surface area contributed by atoms with Crippen molar-refractivity contribution < 1.29 is 18.7 Å². The zero-order valence-electron chi connectivity index (χ0n) is 20.0. The van der Waals surface area contributed by atoms with Crippen LogP contribution in [-0.2, 0) is 15.3 Å². The topological polar surface area (TPSA) is 61.1 Å². The predicted molar refractivity (Wildman–Crippen MR) is 130 cm³/mol. The number of imidazole rings is 1. The lowest BCUT2D eigenvalue weighted by molar-refractivity contribution is -0.159. The molecule has 3 aliphatic rings. The van der Waals surface area contributed by atoms with E-state index in [-0.39, 0.29) is 11.2 Å². The molecule has 0 saturated carbocycles. The van der Waals surface area contributed by atoms with Crippen LogP contribution in [0.1, 0.15) is 30.2 Å². The second-order valence-electron chi connectivity index (χ2n) is 9.77. The number of fused-ring (bicyclic) bond motifs is 1. The monoisotopic (exact) mass is 474 g/mol. The number of hydrogen-bond donors (Lipinski definition) is 0. The number of ether oxygens (including phenoxy) is 2. The van der Waals surface area contributed by atoms with Crippen LogP contribution in [0.3, 0.4) is 0 Å². The fraction of sp³-hybridized carbons (Fsp3) is 0.333. The van der Waals surface area contributed by atoms with Gasteiger partial charge in [-0.3, -0.25) is 0 Å². The van der Waals surface area contributed by atoms with E-state index in [1.54, 1.807) is 25.6 Å². The van der Waals surface area contributed by atoms with Crippen molar-refractivity contribution >= 4 is 11.9 Å². The first kappa shape index (κ1) is 21.9. The molecule has 1 aromatic heterocycles. The van der Waals surface area contributed by atoms with Gasteiger partial charge in [-0.05, 0) is 54.8 Å². The molecular weight excluding hydrogens is 447 g/mol. The van der Waals surface area contributed by atoms with Crippen LogP contribution in [0.25, 0.3) is 11.8 Å².